The number of hydrogen-bond acceptors (Lipinski definition) is 4. The van der Waals surface area contributed by atoms with Gasteiger partial charge in [-0.2, -0.15) is 0 Å². The molecule has 0 spiro atoms. The van der Waals surface area contributed by atoms with Gasteiger partial charge in [0.15, 0.2) is 0 Å². The zero-order valence-corrected chi connectivity index (χ0v) is 9.43. The first-order chi connectivity index (χ1) is 8.06. The van der Waals surface area contributed by atoms with Crippen LogP contribution >= 0.6 is 0 Å². The van der Waals surface area contributed by atoms with E-state index in [1.165, 1.54) is 11.0 Å². The second-order valence-electron chi connectivity index (χ2n) is 3.36. The summed E-state index contributed by atoms with van der Waals surface area (Å²) in [6.45, 7) is 1.64. The molecule has 0 bridgehead atoms. The van der Waals surface area contributed by atoms with Crippen molar-refractivity contribution in [2.24, 2.45) is 0 Å². The minimum atomic E-state index is -1.03. The quantitative estimate of drug-likeness (QED) is 0.693. The molecule has 1 heterocycles. The number of aryl methyl sites for hydroxylation is 1. The number of rotatable bonds is 5. The van der Waals surface area contributed by atoms with E-state index in [2.05, 4.69) is 15.9 Å². The van der Waals surface area contributed by atoms with Gasteiger partial charge in [0.1, 0.15) is 18.2 Å². The largest absolute Gasteiger partial charge is 0.480 e. The lowest BCUT2D eigenvalue weighted by molar-refractivity contribution is -0.135. The van der Waals surface area contributed by atoms with Crippen LogP contribution in [0.1, 0.15) is 12.7 Å². The Morgan fingerprint density at radius 1 is 1.71 bits per heavy atom. The van der Waals surface area contributed by atoms with Crippen LogP contribution in [0, 0.1) is 12.3 Å². The Morgan fingerprint density at radius 3 is 2.94 bits per heavy atom. The molecular formula is C11H13N3O3. The molecule has 0 radical (unpaired) electrons. The Balaban J connectivity index is 3.09. The number of aromatic nitrogens is 2. The number of nitrogens with zero attached hydrogens (tertiary/aromatic N) is 2. The number of carboxylic acids is 1. The molecule has 1 aromatic rings. The Hall–Kier alpha value is -2.29. The summed E-state index contributed by atoms with van der Waals surface area (Å²) in [7, 11) is 0. The predicted molar refractivity (Wildman–Crippen MR) is 62.9 cm³/mol. The molecule has 6 nitrogen and oxygen atoms in total. The van der Waals surface area contributed by atoms with Crippen molar-refractivity contribution in [3.05, 3.63) is 22.2 Å². The summed E-state index contributed by atoms with van der Waals surface area (Å²) in [5, 5.41) is 8.74. The summed E-state index contributed by atoms with van der Waals surface area (Å²) in [6, 6.07) is 1.24. The van der Waals surface area contributed by atoms with Crippen LogP contribution in [0.15, 0.2) is 10.9 Å². The summed E-state index contributed by atoms with van der Waals surface area (Å²) in [5.74, 6) is 2.09. The highest BCUT2D eigenvalue weighted by atomic mass is 16.4. The monoisotopic (exact) mass is 235 g/mol. The Kier molecular flexibility index (Phi) is 4.29. The highest BCUT2D eigenvalue weighted by Crippen LogP contribution is 2.07. The topological polar surface area (TPSA) is 86.3 Å². The number of terminal acetylenes is 1. The molecule has 17 heavy (non-hydrogen) atoms. The zero-order chi connectivity index (χ0) is 12.8. The Labute approximate surface area is 98.3 Å². The summed E-state index contributed by atoms with van der Waals surface area (Å²) >= 11 is 0. The maximum absolute atomic E-state index is 11.3. The summed E-state index contributed by atoms with van der Waals surface area (Å²) in [4.78, 5) is 30.1. The summed E-state index contributed by atoms with van der Waals surface area (Å²) in [5.41, 5.74) is -0.320. The van der Waals surface area contributed by atoms with Crippen LogP contribution < -0.4 is 10.5 Å². The van der Waals surface area contributed by atoms with Gasteiger partial charge in [-0.1, -0.05) is 12.8 Å². The molecule has 0 aliphatic rings. The first kappa shape index (κ1) is 12.8. The van der Waals surface area contributed by atoms with E-state index in [0.717, 1.165) is 0 Å². The smallest absolute Gasteiger partial charge is 0.323 e. The first-order valence-electron chi connectivity index (χ1n) is 5.07. The van der Waals surface area contributed by atoms with Crippen molar-refractivity contribution in [1.82, 2.24) is 9.97 Å². The van der Waals surface area contributed by atoms with E-state index >= 15 is 0 Å². The maximum Gasteiger partial charge on any atom is 0.323 e. The van der Waals surface area contributed by atoms with Crippen molar-refractivity contribution in [2.45, 2.75) is 13.3 Å². The number of hydrogen-bond donors (Lipinski definition) is 2. The molecular weight excluding hydrogens is 222 g/mol. The first-order valence-corrected chi connectivity index (χ1v) is 5.07. The summed E-state index contributed by atoms with van der Waals surface area (Å²) < 4.78 is 0. The van der Waals surface area contributed by atoms with Gasteiger partial charge in [0.25, 0.3) is 5.56 Å². The lowest BCUT2D eigenvalue weighted by Crippen LogP contribution is -2.32. The maximum atomic E-state index is 11.3. The average molecular weight is 235 g/mol. The minimum absolute atomic E-state index is 0.0892. The fourth-order valence-electron chi connectivity index (χ4n) is 1.31. The van der Waals surface area contributed by atoms with Crippen LogP contribution in [0.2, 0.25) is 0 Å². The zero-order valence-electron chi connectivity index (χ0n) is 9.43. The third kappa shape index (κ3) is 3.65. The van der Waals surface area contributed by atoms with Crippen LogP contribution in [-0.4, -0.2) is 34.1 Å². The lowest BCUT2D eigenvalue weighted by Gasteiger charge is -2.18. The molecule has 0 saturated carbocycles. The number of aromatic amines is 1. The standard InChI is InChI=1S/C11H13N3O3/c1-3-5-14(7-11(16)17)9-6-10(15)13-8(4-2)12-9/h1,6H,4-5,7H2,2H3,(H,16,17)(H,12,13,15). The second kappa shape index (κ2) is 5.70. The van der Waals surface area contributed by atoms with Crippen LogP contribution in [0.4, 0.5) is 5.82 Å². The molecule has 6 heteroatoms. The third-order valence-electron chi connectivity index (χ3n) is 2.04. The van der Waals surface area contributed by atoms with E-state index in [0.29, 0.717) is 12.2 Å². The molecule has 0 aliphatic carbocycles. The van der Waals surface area contributed by atoms with Crippen molar-refractivity contribution in [3.63, 3.8) is 0 Å². The second-order valence-corrected chi connectivity index (χ2v) is 3.36. The Morgan fingerprint density at radius 2 is 2.41 bits per heavy atom. The van der Waals surface area contributed by atoms with E-state index in [-0.39, 0.29) is 24.5 Å². The van der Waals surface area contributed by atoms with Gasteiger partial charge >= 0.3 is 5.97 Å². The number of nitrogens with one attached hydrogen (secondary N) is 1. The van der Waals surface area contributed by atoms with Crippen LogP contribution in [0.5, 0.6) is 0 Å². The normalized spacial score (nSPS) is 9.65. The SMILES string of the molecule is C#CCN(CC(=O)O)c1cc(=O)[nH]c(CC)n1. The van der Waals surface area contributed by atoms with E-state index in [9.17, 15) is 9.59 Å². The van der Waals surface area contributed by atoms with Crippen molar-refractivity contribution >= 4 is 11.8 Å². The predicted octanol–water partition coefficient (Wildman–Crippen LogP) is -0.144. The summed E-state index contributed by atoms with van der Waals surface area (Å²) in [6.07, 6.45) is 5.71. The highest BCUT2D eigenvalue weighted by molar-refractivity contribution is 5.73. The lowest BCUT2D eigenvalue weighted by atomic mass is 10.4. The molecule has 0 saturated heterocycles. The third-order valence-corrected chi connectivity index (χ3v) is 2.04. The van der Waals surface area contributed by atoms with Crippen molar-refractivity contribution in [2.75, 3.05) is 18.0 Å². The Bertz CT molecular complexity index is 501. The van der Waals surface area contributed by atoms with Gasteiger partial charge < -0.3 is 15.0 Å². The molecule has 0 aromatic carbocycles. The average Bonchev–Trinajstić information content (AvgIpc) is 2.27. The van der Waals surface area contributed by atoms with Gasteiger partial charge in [-0.3, -0.25) is 9.59 Å². The fraction of sp³-hybridized carbons (Fsp3) is 0.364. The molecule has 0 unspecified atom stereocenters. The number of anilines is 1. The molecule has 90 valence electrons. The fourth-order valence-corrected chi connectivity index (χ4v) is 1.31. The van der Waals surface area contributed by atoms with Gasteiger partial charge in [-0.15, -0.1) is 6.42 Å². The van der Waals surface area contributed by atoms with Gasteiger partial charge in [0.2, 0.25) is 0 Å². The molecule has 1 aromatic heterocycles. The van der Waals surface area contributed by atoms with Crippen LogP contribution in [-0.2, 0) is 11.2 Å². The van der Waals surface area contributed by atoms with Gasteiger partial charge in [-0.05, 0) is 0 Å². The number of carbonyl (C=O) groups is 1. The molecule has 2 N–H and O–H groups in total. The number of H-pyrrole nitrogens is 1. The highest BCUT2D eigenvalue weighted by Gasteiger charge is 2.12. The van der Waals surface area contributed by atoms with Crippen molar-refractivity contribution in [1.29, 1.82) is 0 Å². The van der Waals surface area contributed by atoms with E-state index in [1.807, 2.05) is 6.92 Å². The molecule has 0 amide bonds. The number of carboxylic acid groups (broad SMARTS) is 1. The molecule has 0 atom stereocenters. The minimum Gasteiger partial charge on any atom is -0.480 e. The van der Waals surface area contributed by atoms with Crippen LogP contribution in [0.25, 0.3) is 0 Å². The molecule has 1 rings (SSSR count). The van der Waals surface area contributed by atoms with Gasteiger partial charge in [-0.25, -0.2) is 4.98 Å². The van der Waals surface area contributed by atoms with Crippen LogP contribution in [0.3, 0.4) is 0 Å². The van der Waals surface area contributed by atoms with Crippen molar-refractivity contribution in [3.8, 4) is 12.3 Å². The van der Waals surface area contributed by atoms with E-state index in [4.69, 9.17) is 11.5 Å². The van der Waals surface area contributed by atoms with E-state index in [1.54, 1.807) is 0 Å². The number of aliphatic carboxylic acids is 1. The van der Waals surface area contributed by atoms with Gasteiger partial charge in [0.05, 0.1) is 6.54 Å². The molecule has 0 fully saturated rings. The van der Waals surface area contributed by atoms with Gasteiger partial charge in [0, 0.05) is 12.5 Å². The molecule has 0 aliphatic heterocycles. The van der Waals surface area contributed by atoms with E-state index < -0.39 is 5.97 Å². The van der Waals surface area contributed by atoms with Crippen molar-refractivity contribution < 1.29 is 9.90 Å².